The van der Waals surface area contributed by atoms with Gasteiger partial charge in [0.2, 0.25) is 0 Å². The van der Waals surface area contributed by atoms with Gasteiger partial charge in [-0.25, -0.2) is 0 Å². The van der Waals surface area contributed by atoms with Crippen molar-refractivity contribution in [2.75, 3.05) is 0 Å². The van der Waals surface area contributed by atoms with Gasteiger partial charge in [-0.2, -0.15) is 0 Å². The Morgan fingerprint density at radius 2 is 1.10 bits per heavy atom. The Kier molecular flexibility index (Phi) is 4.71. The van der Waals surface area contributed by atoms with E-state index in [1.54, 1.807) is 0 Å². The Labute approximate surface area is 129 Å². The van der Waals surface area contributed by atoms with E-state index in [2.05, 4.69) is 0 Å². The Morgan fingerprint density at radius 1 is 0.750 bits per heavy atom. The second-order valence-corrected chi connectivity index (χ2v) is 5.88. The number of hydrogen-bond acceptors (Lipinski definition) is 2. The molecule has 4 N–H and O–H groups in total. The molecule has 0 bridgehead atoms. The summed E-state index contributed by atoms with van der Waals surface area (Å²) in [6.07, 6.45) is 0. The largest absolute Gasteiger partial charge is 0.322 e. The summed E-state index contributed by atoms with van der Waals surface area (Å²) in [5, 5.41) is 1.40. The average Bonchev–Trinajstić information content (AvgIpc) is 2.43. The molecule has 2 rings (SSSR count). The maximum atomic E-state index is 6.25. The van der Waals surface area contributed by atoms with Crippen LogP contribution < -0.4 is 11.5 Å². The molecule has 0 spiro atoms. The molecule has 0 aliphatic carbocycles. The maximum Gasteiger partial charge on any atom is 0.0491 e. The summed E-state index contributed by atoms with van der Waals surface area (Å²) >= 11 is 12.3. The summed E-state index contributed by atoms with van der Waals surface area (Å²) in [7, 11) is 0. The quantitative estimate of drug-likeness (QED) is 0.887. The van der Waals surface area contributed by atoms with Gasteiger partial charge in [-0.3, -0.25) is 0 Å². The van der Waals surface area contributed by atoms with E-state index in [1.807, 2.05) is 50.2 Å². The number of halogens is 2. The fourth-order valence-corrected chi connectivity index (χ4v) is 2.43. The van der Waals surface area contributed by atoms with Crippen molar-refractivity contribution in [1.29, 1.82) is 0 Å². The van der Waals surface area contributed by atoms with Crippen LogP contribution in [0.5, 0.6) is 0 Å². The lowest BCUT2D eigenvalue weighted by atomic mass is 9.94. The Morgan fingerprint density at radius 3 is 1.40 bits per heavy atom. The van der Waals surface area contributed by atoms with Gasteiger partial charge in [0.1, 0.15) is 0 Å². The highest BCUT2D eigenvalue weighted by molar-refractivity contribution is 6.31. The van der Waals surface area contributed by atoms with Gasteiger partial charge in [-0.15, -0.1) is 0 Å². The SMILES string of the molecule is Cc1ccc(C(N)C(N)c2ccc(C)c(Cl)c2)cc1Cl. The average molecular weight is 309 g/mol. The van der Waals surface area contributed by atoms with Crippen LogP contribution in [0.25, 0.3) is 0 Å². The molecule has 0 aromatic heterocycles. The minimum Gasteiger partial charge on any atom is -0.322 e. The van der Waals surface area contributed by atoms with E-state index in [-0.39, 0.29) is 12.1 Å². The molecule has 0 heterocycles. The lowest BCUT2D eigenvalue weighted by molar-refractivity contribution is 0.574. The molecular formula is C16H18Cl2N2. The van der Waals surface area contributed by atoms with E-state index in [4.69, 9.17) is 34.7 Å². The molecule has 0 amide bonds. The fourth-order valence-electron chi connectivity index (χ4n) is 2.05. The zero-order chi connectivity index (χ0) is 14.9. The third kappa shape index (κ3) is 3.15. The lowest BCUT2D eigenvalue weighted by Crippen LogP contribution is -2.26. The normalized spacial score (nSPS) is 14.1. The van der Waals surface area contributed by atoms with E-state index in [1.165, 1.54) is 0 Å². The molecule has 2 nitrogen and oxygen atoms in total. The number of benzene rings is 2. The van der Waals surface area contributed by atoms with Crippen molar-refractivity contribution in [2.24, 2.45) is 11.5 Å². The lowest BCUT2D eigenvalue weighted by Gasteiger charge is -2.21. The van der Waals surface area contributed by atoms with E-state index in [0.717, 1.165) is 22.3 Å². The molecule has 2 aromatic rings. The van der Waals surface area contributed by atoms with Crippen LogP contribution in [0.15, 0.2) is 36.4 Å². The van der Waals surface area contributed by atoms with E-state index in [9.17, 15) is 0 Å². The van der Waals surface area contributed by atoms with Crippen LogP contribution in [0, 0.1) is 13.8 Å². The molecule has 0 aliphatic rings. The minimum atomic E-state index is -0.327. The van der Waals surface area contributed by atoms with E-state index < -0.39 is 0 Å². The fraction of sp³-hybridized carbons (Fsp3) is 0.250. The van der Waals surface area contributed by atoms with Crippen molar-refractivity contribution in [2.45, 2.75) is 25.9 Å². The Hall–Kier alpha value is -1.06. The first-order chi connectivity index (χ1) is 9.40. The van der Waals surface area contributed by atoms with Gasteiger partial charge in [-0.05, 0) is 48.2 Å². The zero-order valence-electron chi connectivity index (χ0n) is 11.5. The molecule has 0 saturated heterocycles. The van der Waals surface area contributed by atoms with Crippen LogP contribution in [0.1, 0.15) is 34.3 Å². The molecule has 20 heavy (non-hydrogen) atoms. The first-order valence-corrected chi connectivity index (χ1v) is 7.19. The Bertz CT molecular complexity index is 570. The predicted molar refractivity (Wildman–Crippen MR) is 86.2 cm³/mol. The van der Waals surface area contributed by atoms with Gasteiger partial charge in [-0.1, -0.05) is 47.5 Å². The summed E-state index contributed by atoms with van der Waals surface area (Å²) in [6, 6.07) is 10.9. The summed E-state index contributed by atoms with van der Waals surface area (Å²) in [4.78, 5) is 0. The van der Waals surface area contributed by atoms with Gasteiger partial charge < -0.3 is 11.5 Å². The molecule has 0 radical (unpaired) electrons. The molecule has 2 unspecified atom stereocenters. The number of hydrogen-bond donors (Lipinski definition) is 2. The standard InChI is InChI=1S/C16H18Cl2N2/c1-9-3-5-11(7-13(9)17)15(19)16(20)12-6-4-10(2)14(18)8-12/h3-8,15-16H,19-20H2,1-2H3. The van der Waals surface area contributed by atoms with Gasteiger partial charge in [0, 0.05) is 22.1 Å². The molecule has 106 valence electrons. The monoisotopic (exact) mass is 308 g/mol. The van der Waals surface area contributed by atoms with Crippen LogP contribution in [0.2, 0.25) is 10.0 Å². The molecule has 2 atom stereocenters. The van der Waals surface area contributed by atoms with Crippen molar-refractivity contribution in [1.82, 2.24) is 0 Å². The third-order valence-corrected chi connectivity index (χ3v) is 4.36. The van der Waals surface area contributed by atoms with Crippen molar-refractivity contribution in [3.05, 3.63) is 68.7 Å². The van der Waals surface area contributed by atoms with Crippen LogP contribution >= 0.6 is 23.2 Å². The van der Waals surface area contributed by atoms with Gasteiger partial charge >= 0.3 is 0 Å². The second-order valence-electron chi connectivity index (χ2n) is 5.07. The van der Waals surface area contributed by atoms with Crippen molar-refractivity contribution in [3.8, 4) is 0 Å². The molecule has 4 heteroatoms. The number of aryl methyl sites for hydroxylation is 2. The maximum absolute atomic E-state index is 6.25. The molecule has 0 fully saturated rings. The predicted octanol–water partition coefficient (Wildman–Crippen LogP) is 4.31. The molecular weight excluding hydrogens is 291 g/mol. The smallest absolute Gasteiger partial charge is 0.0491 e. The van der Waals surface area contributed by atoms with Gasteiger partial charge in [0.05, 0.1) is 0 Å². The number of rotatable bonds is 3. The van der Waals surface area contributed by atoms with Crippen LogP contribution in [-0.2, 0) is 0 Å². The highest BCUT2D eigenvalue weighted by atomic mass is 35.5. The highest BCUT2D eigenvalue weighted by Gasteiger charge is 2.18. The summed E-state index contributed by atoms with van der Waals surface area (Å²) in [6.45, 7) is 3.91. The van der Waals surface area contributed by atoms with Crippen molar-refractivity contribution in [3.63, 3.8) is 0 Å². The summed E-state index contributed by atoms with van der Waals surface area (Å²) in [5.41, 5.74) is 16.4. The van der Waals surface area contributed by atoms with Crippen LogP contribution in [0.4, 0.5) is 0 Å². The van der Waals surface area contributed by atoms with Crippen molar-refractivity contribution < 1.29 is 0 Å². The zero-order valence-corrected chi connectivity index (χ0v) is 13.0. The summed E-state index contributed by atoms with van der Waals surface area (Å²) in [5.74, 6) is 0. The Balaban J connectivity index is 2.29. The van der Waals surface area contributed by atoms with Crippen molar-refractivity contribution >= 4 is 23.2 Å². The summed E-state index contributed by atoms with van der Waals surface area (Å²) < 4.78 is 0. The number of nitrogens with two attached hydrogens (primary N) is 2. The van der Waals surface area contributed by atoms with Gasteiger partial charge in [0.15, 0.2) is 0 Å². The third-order valence-electron chi connectivity index (χ3n) is 3.55. The highest BCUT2D eigenvalue weighted by Crippen LogP contribution is 2.29. The van der Waals surface area contributed by atoms with Gasteiger partial charge in [0.25, 0.3) is 0 Å². The first kappa shape index (κ1) is 15.3. The molecule has 0 aliphatic heterocycles. The molecule has 2 aromatic carbocycles. The molecule has 0 saturated carbocycles. The van der Waals surface area contributed by atoms with Crippen LogP contribution in [-0.4, -0.2) is 0 Å². The topological polar surface area (TPSA) is 52.0 Å². The second kappa shape index (κ2) is 6.15. The minimum absolute atomic E-state index is 0.327. The van der Waals surface area contributed by atoms with E-state index >= 15 is 0 Å². The van der Waals surface area contributed by atoms with E-state index in [0.29, 0.717) is 10.0 Å². The first-order valence-electron chi connectivity index (χ1n) is 6.43. The van der Waals surface area contributed by atoms with Crippen LogP contribution in [0.3, 0.4) is 0 Å².